The number of alkyl halides is 1. The van der Waals surface area contributed by atoms with E-state index < -0.39 is 50.2 Å². The summed E-state index contributed by atoms with van der Waals surface area (Å²) < 4.78 is 65.2. The van der Waals surface area contributed by atoms with Crippen molar-refractivity contribution in [1.29, 1.82) is 0 Å². The second-order valence-electron chi connectivity index (χ2n) is 6.59. The van der Waals surface area contributed by atoms with Crippen LogP contribution in [0.1, 0.15) is 26.5 Å². The number of nitrogens with zero attached hydrogens (tertiary/aromatic N) is 1. The molecule has 3 heterocycles. The van der Waals surface area contributed by atoms with E-state index in [4.69, 9.17) is 21.0 Å². The minimum atomic E-state index is -4.61. The number of aromatic nitrogens is 2. The summed E-state index contributed by atoms with van der Waals surface area (Å²) in [6.45, 7) is -1.96. The van der Waals surface area contributed by atoms with Crippen LogP contribution in [0.4, 0.5) is 4.39 Å². The maximum absolute atomic E-state index is 15.5. The molecular formula is C17H18FN2O8P. The lowest BCUT2D eigenvalue weighted by Crippen LogP contribution is -2.35. The van der Waals surface area contributed by atoms with Crippen LogP contribution in [0.3, 0.4) is 0 Å². The summed E-state index contributed by atoms with van der Waals surface area (Å²) in [6.07, 6.45) is -3.37. The number of fused-ring (bicyclic) bond motifs is 1. The molecule has 2 N–H and O–H groups in total. The normalized spacial score (nSPS) is 32.8. The Morgan fingerprint density at radius 2 is 2.28 bits per heavy atom. The Bertz CT molecular complexity index is 1190. The van der Waals surface area contributed by atoms with Gasteiger partial charge in [0.1, 0.15) is 18.4 Å². The number of aliphatic hydroxyl groups is 1. The summed E-state index contributed by atoms with van der Waals surface area (Å²) in [4.78, 5) is 25.1. The van der Waals surface area contributed by atoms with Crippen molar-refractivity contribution in [2.24, 2.45) is 0 Å². The number of hydrogen-bond donors (Lipinski definition) is 2. The number of rotatable bonds is 4. The predicted octanol–water partition coefficient (Wildman–Crippen LogP) is 1.52. The van der Waals surface area contributed by atoms with Gasteiger partial charge in [0.15, 0.2) is 6.23 Å². The van der Waals surface area contributed by atoms with Gasteiger partial charge in [-0.3, -0.25) is 23.4 Å². The van der Waals surface area contributed by atoms with E-state index >= 15 is 4.39 Å². The van der Waals surface area contributed by atoms with Crippen LogP contribution in [0.15, 0.2) is 40.1 Å². The quantitative estimate of drug-likeness (QED) is 0.699. The molecule has 1 aromatic carbocycles. The summed E-state index contributed by atoms with van der Waals surface area (Å²) in [5.74, 6) is -3.16. The highest BCUT2D eigenvalue weighted by molar-refractivity contribution is 7.49. The summed E-state index contributed by atoms with van der Waals surface area (Å²) in [5, 5.41) is 10.2. The van der Waals surface area contributed by atoms with Crippen molar-refractivity contribution in [3.05, 3.63) is 62.4 Å². The zero-order valence-corrected chi connectivity index (χ0v) is 15.9. The first-order valence-electron chi connectivity index (χ1n) is 9.53. The average molecular weight is 430 g/mol. The van der Waals surface area contributed by atoms with Crippen molar-refractivity contribution in [1.82, 2.24) is 9.55 Å². The molecule has 2 aliphatic heterocycles. The Morgan fingerprint density at radius 1 is 1.48 bits per heavy atom. The third-order valence-electron chi connectivity index (χ3n) is 4.42. The van der Waals surface area contributed by atoms with E-state index in [-0.39, 0.29) is 12.4 Å². The molecule has 12 heteroatoms. The number of aryl methyl sites for hydroxylation is 1. The first-order chi connectivity index (χ1) is 14.4. The van der Waals surface area contributed by atoms with E-state index in [1.54, 1.807) is 25.1 Å². The molecule has 0 aliphatic carbocycles. The van der Waals surface area contributed by atoms with Gasteiger partial charge in [0.2, 0.25) is 5.85 Å². The molecule has 0 saturated carbocycles. The lowest BCUT2D eigenvalue weighted by Gasteiger charge is -2.28. The minimum absolute atomic E-state index is 0.172. The summed E-state index contributed by atoms with van der Waals surface area (Å²) in [5.41, 5.74) is -0.582. The minimum Gasteiger partial charge on any atom is -0.403 e. The van der Waals surface area contributed by atoms with Gasteiger partial charge in [0.05, 0.1) is 9.35 Å². The second kappa shape index (κ2) is 7.19. The van der Waals surface area contributed by atoms with Crippen LogP contribution in [0.25, 0.3) is 0 Å². The monoisotopic (exact) mass is 430 g/mol. The topological polar surface area (TPSA) is 129 Å². The molecule has 10 nitrogen and oxygen atoms in total. The first kappa shape index (κ1) is 17.5. The van der Waals surface area contributed by atoms with Crippen LogP contribution in [0.2, 0.25) is 0 Å². The van der Waals surface area contributed by atoms with Crippen molar-refractivity contribution >= 4 is 7.82 Å². The molecule has 0 radical (unpaired) electrons. The Morgan fingerprint density at radius 3 is 3.03 bits per heavy atom. The maximum atomic E-state index is 15.5. The lowest BCUT2D eigenvalue weighted by molar-refractivity contribution is -0.179. The fraction of sp³-hybridized carbons (Fsp3) is 0.412. The fourth-order valence-corrected chi connectivity index (χ4v) is 4.21. The number of nitrogens with one attached hydrogen (secondary N) is 1. The highest BCUT2D eigenvalue weighted by Crippen LogP contribution is 2.56. The molecule has 156 valence electrons. The summed E-state index contributed by atoms with van der Waals surface area (Å²) in [7, 11) is -4.61. The SMILES string of the molecule is [2H]C([2H])(OP1(=O)OCc2cccc(C)c2O1)[C@]1(F)C[C@@H](O)[C@H](n2ccc(=O)[nH]c2=O)O1. The fourth-order valence-electron chi connectivity index (χ4n) is 3.04. The lowest BCUT2D eigenvalue weighted by atomic mass is 10.1. The number of benzene rings is 1. The number of aromatic amines is 1. The van der Waals surface area contributed by atoms with Crippen LogP contribution < -0.4 is 15.8 Å². The summed E-state index contributed by atoms with van der Waals surface area (Å²) >= 11 is 0. The van der Waals surface area contributed by atoms with Crippen LogP contribution in [0.5, 0.6) is 5.75 Å². The highest BCUT2D eigenvalue weighted by Gasteiger charge is 2.50. The largest absolute Gasteiger partial charge is 0.530 e. The van der Waals surface area contributed by atoms with Gasteiger partial charge in [-0.25, -0.2) is 13.8 Å². The molecule has 2 aromatic rings. The molecule has 1 aromatic heterocycles. The molecule has 4 atom stereocenters. The standard InChI is InChI=1S/C17H18FN2O8P/c1-10-3-2-4-11-8-25-29(24,28-14(10)11)26-9-17(18)7-12(21)15(27-17)20-6-5-13(22)19-16(20)23/h2-6,12,15,21H,7-9H2,1H3,(H,19,22,23)/t12-,15-,17+,29?/m1/s1/i9D2. The molecule has 29 heavy (non-hydrogen) atoms. The number of phosphoric acid groups is 1. The van der Waals surface area contributed by atoms with Crippen LogP contribution in [-0.4, -0.2) is 33.2 Å². The van der Waals surface area contributed by atoms with Crippen LogP contribution in [-0.2, 0) is 25.0 Å². The van der Waals surface area contributed by atoms with E-state index in [2.05, 4.69) is 0 Å². The van der Waals surface area contributed by atoms with Gasteiger partial charge in [-0.2, -0.15) is 0 Å². The number of para-hydroxylation sites is 1. The average Bonchev–Trinajstić information content (AvgIpc) is 2.98. The molecule has 1 unspecified atom stereocenters. The van der Waals surface area contributed by atoms with Crippen molar-refractivity contribution in [3.63, 3.8) is 0 Å². The summed E-state index contributed by atoms with van der Waals surface area (Å²) in [6, 6.07) is 5.99. The number of aliphatic hydroxyl groups excluding tert-OH is 1. The van der Waals surface area contributed by atoms with Crippen molar-refractivity contribution < 1.29 is 35.1 Å². The molecule has 0 spiro atoms. The third kappa shape index (κ3) is 3.92. The van der Waals surface area contributed by atoms with E-state index in [1.807, 2.05) is 4.98 Å². The number of ether oxygens (including phenoxy) is 1. The number of H-pyrrole nitrogens is 1. The van der Waals surface area contributed by atoms with E-state index in [1.165, 1.54) is 0 Å². The Kier molecular flexibility index (Phi) is 4.35. The van der Waals surface area contributed by atoms with Gasteiger partial charge in [0.25, 0.3) is 5.56 Å². The van der Waals surface area contributed by atoms with Crippen LogP contribution >= 0.6 is 7.82 Å². The van der Waals surface area contributed by atoms with E-state index in [9.17, 15) is 19.3 Å². The molecule has 1 fully saturated rings. The van der Waals surface area contributed by atoms with Gasteiger partial charge < -0.3 is 14.4 Å². The Labute approximate surface area is 166 Å². The predicted molar refractivity (Wildman–Crippen MR) is 96.1 cm³/mol. The smallest absolute Gasteiger partial charge is 0.403 e. The third-order valence-corrected chi connectivity index (χ3v) is 5.58. The van der Waals surface area contributed by atoms with Gasteiger partial charge in [-0.15, -0.1) is 0 Å². The Hall–Kier alpha value is -2.30. The maximum Gasteiger partial charge on any atom is 0.530 e. The number of phosphoric ester groups is 1. The molecule has 2 aliphatic rings. The highest BCUT2D eigenvalue weighted by atomic mass is 31.2. The van der Waals surface area contributed by atoms with Crippen molar-refractivity contribution in [2.75, 3.05) is 6.56 Å². The first-order valence-corrected chi connectivity index (χ1v) is 9.99. The van der Waals surface area contributed by atoms with Gasteiger partial charge in [0, 0.05) is 24.2 Å². The van der Waals surface area contributed by atoms with Gasteiger partial charge in [-0.1, -0.05) is 18.2 Å². The van der Waals surface area contributed by atoms with Crippen molar-refractivity contribution in [2.45, 2.75) is 38.1 Å². The van der Waals surface area contributed by atoms with Crippen LogP contribution in [0, 0.1) is 6.92 Å². The molecule has 4 rings (SSSR count). The van der Waals surface area contributed by atoms with Gasteiger partial charge in [-0.05, 0) is 12.5 Å². The zero-order chi connectivity index (χ0) is 22.6. The molecule has 0 bridgehead atoms. The second-order valence-corrected chi connectivity index (χ2v) is 8.11. The zero-order valence-electron chi connectivity index (χ0n) is 17.0. The molecule has 1 saturated heterocycles. The van der Waals surface area contributed by atoms with Crippen molar-refractivity contribution in [3.8, 4) is 5.75 Å². The number of hydrogen-bond acceptors (Lipinski definition) is 8. The van der Waals surface area contributed by atoms with Gasteiger partial charge >= 0.3 is 13.5 Å². The van der Waals surface area contributed by atoms with E-state index in [0.717, 1.165) is 12.3 Å². The molecule has 0 amide bonds. The molecular weight excluding hydrogens is 410 g/mol. The Balaban J connectivity index is 1.58. The van der Waals surface area contributed by atoms with E-state index in [0.29, 0.717) is 15.7 Å². The number of halogens is 1.